The number of aryl methyl sites for hydroxylation is 1. The molecule has 1 unspecified atom stereocenters. The van der Waals surface area contributed by atoms with Crippen LogP contribution in [0.2, 0.25) is 0 Å². The van der Waals surface area contributed by atoms with Gasteiger partial charge in [-0.15, -0.1) is 0 Å². The van der Waals surface area contributed by atoms with Gasteiger partial charge in [-0.05, 0) is 19.8 Å². The molecular weight excluding hydrogens is 246 g/mol. The molecule has 0 radical (unpaired) electrons. The van der Waals surface area contributed by atoms with E-state index in [2.05, 4.69) is 9.97 Å². The van der Waals surface area contributed by atoms with Crippen molar-refractivity contribution in [3.8, 4) is 0 Å². The topological polar surface area (TPSA) is 83.4 Å². The number of hydrogen-bond acceptors (Lipinski definition) is 4. The van der Waals surface area contributed by atoms with Gasteiger partial charge in [0.05, 0.1) is 17.8 Å². The highest BCUT2D eigenvalue weighted by molar-refractivity contribution is 5.92. The molecule has 0 aliphatic heterocycles. The highest BCUT2D eigenvalue weighted by Gasteiger charge is 2.35. The van der Waals surface area contributed by atoms with E-state index >= 15 is 0 Å². The van der Waals surface area contributed by atoms with E-state index in [9.17, 15) is 9.59 Å². The third kappa shape index (κ3) is 3.27. The first kappa shape index (κ1) is 13.5. The summed E-state index contributed by atoms with van der Waals surface area (Å²) >= 11 is 0. The first-order valence-electron chi connectivity index (χ1n) is 6.31. The van der Waals surface area contributed by atoms with Gasteiger partial charge < -0.3 is 10.0 Å². The monoisotopic (exact) mass is 263 g/mol. The maximum absolute atomic E-state index is 12.3. The van der Waals surface area contributed by atoms with Crippen LogP contribution in [-0.2, 0) is 4.79 Å². The third-order valence-corrected chi connectivity index (χ3v) is 3.14. The molecule has 0 bridgehead atoms. The van der Waals surface area contributed by atoms with Crippen molar-refractivity contribution in [1.82, 2.24) is 14.9 Å². The molecule has 2 rings (SSSR count). The van der Waals surface area contributed by atoms with Crippen molar-refractivity contribution >= 4 is 11.9 Å². The maximum Gasteiger partial charge on any atom is 0.308 e. The summed E-state index contributed by atoms with van der Waals surface area (Å²) in [6, 6.07) is 0.150. The van der Waals surface area contributed by atoms with Crippen LogP contribution in [-0.4, -0.2) is 44.4 Å². The Morgan fingerprint density at radius 1 is 1.42 bits per heavy atom. The number of amides is 1. The Hall–Kier alpha value is -1.98. The molecule has 1 fully saturated rings. The zero-order valence-electron chi connectivity index (χ0n) is 11.0. The molecule has 0 spiro atoms. The fourth-order valence-electron chi connectivity index (χ4n) is 1.81. The second-order valence-corrected chi connectivity index (χ2v) is 4.97. The van der Waals surface area contributed by atoms with Gasteiger partial charge in [0.25, 0.3) is 5.91 Å². The molecule has 1 amide bonds. The predicted octanol–water partition coefficient (Wildman–Crippen LogP) is 1.11. The van der Waals surface area contributed by atoms with Crippen LogP contribution in [0.25, 0.3) is 0 Å². The lowest BCUT2D eigenvalue weighted by molar-refractivity contribution is -0.141. The van der Waals surface area contributed by atoms with Crippen LogP contribution in [0.5, 0.6) is 0 Å². The normalized spacial score (nSPS) is 15.9. The molecule has 1 heterocycles. The number of carboxylic acid groups (broad SMARTS) is 1. The Balaban J connectivity index is 2.12. The first-order valence-corrected chi connectivity index (χ1v) is 6.31. The predicted molar refractivity (Wildman–Crippen MR) is 67.6 cm³/mol. The van der Waals surface area contributed by atoms with E-state index in [1.807, 2.05) is 0 Å². The van der Waals surface area contributed by atoms with Crippen molar-refractivity contribution in [3.05, 3.63) is 23.8 Å². The molecule has 1 saturated carbocycles. The van der Waals surface area contributed by atoms with E-state index in [4.69, 9.17) is 5.11 Å². The highest BCUT2D eigenvalue weighted by atomic mass is 16.4. The van der Waals surface area contributed by atoms with E-state index < -0.39 is 11.9 Å². The third-order valence-electron chi connectivity index (χ3n) is 3.14. The number of rotatable bonds is 5. The second-order valence-electron chi connectivity index (χ2n) is 4.97. The summed E-state index contributed by atoms with van der Waals surface area (Å²) in [6.07, 6.45) is 4.84. The van der Waals surface area contributed by atoms with Gasteiger partial charge in [0.2, 0.25) is 0 Å². The number of carbonyl (C=O) groups excluding carboxylic acids is 1. The fourth-order valence-corrected chi connectivity index (χ4v) is 1.81. The van der Waals surface area contributed by atoms with Crippen LogP contribution in [0.15, 0.2) is 12.4 Å². The van der Waals surface area contributed by atoms with Crippen LogP contribution in [0.1, 0.15) is 35.9 Å². The maximum atomic E-state index is 12.3. The minimum absolute atomic E-state index is 0.150. The summed E-state index contributed by atoms with van der Waals surface area (Å²) in [5, 5.41) is 8.96. The van der Waals surface area contributed by atoms with E-state index in [0.717, 1.165) is 18.5 Å². The molecule has 102 valence electrons. The summed E-state index contributed by atoms with van der Waals surface area (Å²) in [5.74, 6) is -1.71. The van der Waals surface area contributed by atoms with Crippen LogP contribution in [0, 0.1) is 12.8 Å². The lowest BCUT2D eigenvalue weighted by Gasteiger charge is -2.23. The molecule has 1 aliphatic carbocycles. The van der Waals surface area contributed by atoms with Crippen molar-refractivity contribution in [2.45, 2.75) is 32.7 Å². The summed E-state index contributed by atoms with van der Waals surface area (Å²) in [6.45, 7) is 3.62. The van der Waals surface area contributed by atoms with Crippen LogP contribution < -0.4 is 0 Å². The Bertz CT molecular complexity index is 482. The van der Waals surface area contributed by atoms with Gasteiger partial charge in [0.15, 0.2) is 0 Å². The highest BCUT2D eigenvalue weighted by Crippen LogP contribution is 2.28. The minimum Gasteiger partial charge on any atom is -0.481 e. The number of nitrogens with zero attached hydrogens (tertiary/aromatic N) is 3. The van der Waals surface area contributed by atoms with Gasteiger partial charge in [0, 0.05) is 18.8 Å². The number of hydrogen-bond donors (Lipinski definition) is 1. The average molecular weight is 263 g/mol. The van der Waals surface area contributed by atoms with Gasteiger partial charge in [-0.2, -0.15) is 0 Å². The zero-order chi connectivity index (χ0) is 14.0. The van der Waals surface area contributed by atoms with Crippen molar-refractivity contribution in [2.75, 3.05) is 6.54 Å². The number of carboxylic acids is 1. The molecule has 1 atom stereocenters. The smallest absolute Gasteiger partial charge is 0.308 e. The molecule has 1 aromatic rings. The summed E-state index contributed by atoms with van der Waals surface area (Å²) in [5.41, 5.74) is 1.02. The largest absolute Gasteiger partial charge is 0.481 e. The number of aliphatic carboxylic acids is 1. The Kier molecular flexibility index (Phi) is 3.78. The van der Waals surface area contributed by atoms with Crippen LogP contribution in [0.3, 0.4) is 0 Å². The molecule has 1 aromatic heterocycles. The minimum atomic E-state index is -0.895. The van der Waals surface area contributed by atoms with E-state index in [0.29, 0.717) is 0 Å². The quantitative estimate of drug-likeness (QED) is 0.860. The molecule has 6 heteroatoms. The number of carbonyl (C=O) groups is 2. The van der Waals surface area contributed by atoms with Crippen molar-refractivity contribution < 1.29 is 14.7 Å². The van der Waals surface area contributed by atoms with Gasteiger partial charge in [-0.3, -0.25) is 14.6 Å². The lowest BCUT2D eigenvalue weighted by Crippen LogP contribution is -2.39. The molecule has 0 saturated heterocycles. The summed E-state index contributed by atoms with van der Waals surface area (Å²) in [4.78, 5) is 33.0. The Morgan fingerprint density at radius 3 is 2.58 bits per heavy atom. The van der Waals surface area contributed by atoms with Gasteiger partial charge >= 0.3 is 5.97 Å². The van der Waals surface area contributed by atoms with Crippen molar-refractivity contribution in [2.24, 2.45) is 5.92 Å². The molecule has 19 heavy (non-hydrogen) atoms. The van der Waals surface area contributed by atoms with Crippen molar-refractivity contribution in [1.29, 1.82) is 0 Å². The summed E-state index contributed by atoms with van der Waals surface area (Å²) in [7, 11) is 0. The van der Waals surface area contributed by atoms with Gasteiger partial charge in [-0.25, -0.2) is 4.98 Å². The molecule has 6 nitrogen and oxygen atoms in total. The fraction of sp³-hybridized carbons (Fsp3) is 0.538. The van der Waals surface area contributed by atoms with Gasteiger partial charge in [-0.1, -0.05) is 6.92 Å². The van der Waals surface area contributed by atoms with Gasteiger partial charge in [0.1, 0.15) is 5.69 Å². The standard InChI is InChI=1S/C13H17N3O3/c1-8(13(18)19)7-16(10-3-4-10)12(17)11-6-14-9(2)5-15-11/h5-6,8,10H,3-4,7H2,1-2H3,(H,18,19). The van der Waals surface area contributed by atoms with Crippen LogP contribution in [0.4, 0.5) is 0 Å². The SMILES string of the molecule is Cc1cnc(C(=O)N(CC(C)C(=O)O)C2CC2)cn1. The average Bonchev–Trinajstić information content (AvgIpc) is 3.19. The molecule has 1 aliphatic rings. The van der Waals surface area contributed by atoms with Crippen molar-refractivity contribution in [3.63, 3.8) is 0 Å². The second kappa shape index (κ2) is 5.34. The lowest BCUT2D eigenvalue weighted by atomic mass is 10.1. The summed E-state index contributed by atoms with van der Waals surface area (Å²) < 4.78 is 0. The Morgan fingerprint density at radius 2 is 2.11 bits per heavy atom. The van der Waals surface area contributed by atoms with E-state index in [1.165, 1.54) is 6.20 Å². The molecule has 1 N–H and O–H groups in total. The molecular formula is C13H17N3O3. The Labute approximate surface area is 111 Å². The van der Waals surface area contributed by atoms with E-state index in [-0.39, 0.29) is 24.2 Å². The number of aromatic nitrogens is 2. The van der Waals surface area contributed by atoms with E-state index in [1.54, 1.807) is 24.9 Å². The molecule has 0 aromatic carbocycles. The first-order chi connectivity index (χ1) is 8.99. The van der Waals surface area contributed by atoms with Crippen LogP contribution >= 0.6 is 0 Å². The zero-order valence-corrected chi connectivity index (χ0v) is 11.0.